The van der Waals surface area contributed by atoms with Crippen molar-refractivity contribution in [2.45, 2.75) is 49.4 Å². The molecule has 3 heterocycles. The maximum Gasteiger partial charge on any atom is 0.401 e. The molecule has 1 aromatic rings. The Morgan fingerprint density at radius 3 is 2.50 bits per heavy atom. The first-order valence-electron chi connectivity index (χ1n) is 7.82. The molecular formula is C16H19ClF3N3S. The summed E-state index contributed by atoms with van der Waals surface area (Å²) >= 11 is 7.43. The molecule has 0 amide bonds. The number of nitrogens with zero attached hydrogens (tertiary/aromatic N) is 2. The van der Waals surface area contributed by atoms with Gasteiger partial charge in [0.25, 0.3) is 0 Å². The summed E-state index contributed by atoms with van der Waals surface area (Å²) in [5.74, 6) is 0. The topological polar surface area (TPSA) is 40.0 Å². The Balaban J connectivity index is 1.95. The highest BCUT2D eigenvalue weighted by atomic mass is 35.5. The minimum absolute atomic E-state index is 0.156. The summed E-state index contributed by atoms with van der Waals surface area (Å²) in [6.07, 6.45) is 3.42. The van der Waals surface area contributed by atoms with Crippen LogP contribution in [0.4, 0.5) is 13.2 Å². The average molecular weight is 378 g/mol. The Morgan fingerprint density at radius 2 is 2.00 bits per heavy atom. The molecule has 0 spiro atoms. The van der Waals surface area contributed by atoms with Gasteiger partial charge in [0.1, 0.15) is 0 Å². The van der Waals surface area contributed by atoms with Crippen LogP contribution in [0.15, 0.2) is 18.5 Å². The van der Waals surface area contributed by atoms with Crippen molar-refractivity contribution in [1.29, 1.82) is 5.41 Å². The van der Waals surface area contributed by atoms with Crippen LogP contribution in [0.1, 0.15) is 31.2 Å². The van der Waals surface area contributed by atoms with Gasteiger partial charge in [-0.05, 0) is 43.6 Å². The van der Waals surface area contributed by atoms with Crippen molar-refractivity contribution in [3.63, 3.8) is 0 Å². The van der Waals surface area contributed by atoms with E-state index in [1.54, 1.807) is 17.2 Å². The van der Waals surface area contributed by atoms with Crippen molar-refractivity contribution in [3.05, 3.63) is 29.0 Å². The number of pyridine rings is 1. The summed E-state index contributed by atoms with van der Waals surface area (Å²) in [7, 11) is 0. The molecule has 2 fully saturated rings. The molecule has 0 saturated carbocycles. The van der Waals surface area contributed by atoms with E-state index < -0.39 is 18.1 Å². The molecule has 2 bridgehead atoms. The molecular weight excluding hydrogens is 359 g/mol. The molecule has 1 aromatic heterocycles. The van der Waals surface area contributed by atoms with Crippen LogP contribution < -0.4 is 0 Å². The first-order valence-corrected chi connectivity index (χ1v) is 9.42. The zero-order chi connectivity index (χ0) is 17.5. The molecule has 0 radical (unpaired) electrons. The first-order chi connectivity index (χ1) is 11.2. The van der Waals surface area contributed by atoms with E-state index in [1.807, 2.05) is 6.26 Å². The second-order valence-electron chi connectivity index (χ2n) is 6.59. The average Bonchev–Trinajstić information content (AvgIpc) is 2.75. The SMILES string of the molecule is CSC(=N)C1(c2cncc(Cl)c2)CC2CCC(C1)N2CC(F)(F)F. The van der Waals surface area contributed by atoms with Crippen molar-refractivity contribution in [3.8, 4) is 0 Å². The Kier molecular flexibility index (Phi) is 4.88. The van der Waals surface area contributed by atoms with E-state index >= 15 is 0 Å². The predicted molar refractivity (Wildman–Crippen MR) is 91.0 cm³/mol. The van der Waals surface area contributed by atoms with Crippen molar-refractivity contribution in [2.24, 2.45) is 0 Å². The number of aromatic nitrogens is 1. The van der Waals surface area contributed by atoms with Crippen molar-refractivity contribution in [1.82, 2.24) is 9.88 Å². The summed E-state index contributed by atoms with van der Waals surface area (Å²) in [6.45, 7) is -0.862. The Hall–Kier alpha value is -0.790. The number of thioether (sulfide) groups is 1. The zero-order valence-corrected chi connectivity index (χ0v) is 14.8. The van der Waals surface area contributed by atoms with Gasteiger partial charge in [-0.1, -0.05) is 11.6 Å². The van der Waals surface area contributed by atoms with Crippen LogP contribution in [0.5, 0.6) is 0 Å². The molecule has 2 unspecified atom stereocenters. The van der Waals surface area contributed by atoms with Gasteiger partial charge in [0.2, 0.25) is 0 Å². The van der Waals surface area contributed by atoms with E-state index in [1.165, 1.54) is 18.0 Å². The van der Waals surface area contributed by atoms with Gasteiger partial charge in [0.15, 0.2) is 0 Å². The number of hydrogen-bond acceptors (Lipinski definition) is 4. The van der Waals surface area contributed by atoms with Crippen LogP contribution in [0.25, 0.3) is 0 Å². The molecule has 2 atom stereocenters. The van der Waals surface area contributed by atoms with E-state index in [0.29, 0.717) is 22.9 Å². The fraction of sp³-hybridized carbons (Fsp3) is 0.625. The largest absolute Gasteiger partial charge is 0.401 e. The number of hydrogen-bond donors (Lipinski definition) is 1. The molecule has 8 heteroatoms. The molecule has 3 rings (SSSR count). The molecule has 2 aliphatic rings. The van der Waals surface area contributed by atoms with Crippen molar-refractivity contribution < 1.29 is 13.2 Å². The van der Waals surface area contributed by atoms with Crippen LogP contribution >= 0.6 is 23.4 Å². The minimum atomic E-state index is -4.19. The van der Waals surface area contributed by atoms with E-state index in [9.17, 15) is 13.2 Å². The van der Waals surface area contributed by atoms with Crippen LogP contribution in [0.3, 0.4) is 0 Å². The molecule has 24 heavy (non-hydrogen) atoms. The number of piperidine rings is 1. The van der Waals surface area contributed by atoms with E-state index in [2.05, 4.69) is 4.98 Å². The lowest BCUT2D eigenvalue weighted by Gasteiger charge is -2.47. The number of nitrogens with one attached hydrogen (secondary N) is 1. The lowest BCUT2D eigenvalue weighted by molar-refractivity contribution is -0.156. The lowest BCUT2D eigenvalue weighted by atomic mass is 9.71. The standard InChI is InChI=1S/C16H19ClF3N3S/c1-24-14(21)15(10-4-11(17)8-22-7-10)5-12-2-3-13(6-15)23(12)9-16(18,19)20/h4,7-8,12-13,21H,2-3,5-6,9H2,1H3. The van der Waals surface area contributed by atoms with Gasteiger partial charge in [-0.25, -0.2) is 0 Å². The number of fused-ring (bicyclic) bond motifs is 2. The minimum Gasteiger partial charge on any atom is -0.297 e. The normalized spacial score (nSPS) is 30.5. The molecule has 132 valence electrons. The van der Waals surface area contributed by atoms with Crippen LogP contribution in [0.2, 0.25) is 5.02 Å². The summed E-state index contributed by atoms with van der Waals surface area (Å²) in [5.41, 5.74) is 0.267. The summed E-state index contributed by atoms with van der Waals surface area (Å²) in [6, 6.07) is 1.49. The van der Waals surface area contributed by atoms with Gasteiger partial charge < -0.3 is 0 Å². The second kappa shape index (κ2) is 6.50. The lowest BCUT2D eigenvalue weighted by Crippen LogP contribution is -2.54. The van der Waals surface area contributed by atoms with E-state index in [4.69, 9.17) is 17.0 Å². The van der Waals surface area contributed by atoms with Gasteiger partial charge in [0.05, 0.1) is 16.6 Å². The fourth-order valence-electron chi connectivity index (χ4n) is 4.23. The quantitative estimate of drug-likeness (QED) is 0.622. The summed E-state index contributed by atoms with van der Waals surface area (Å²) in [4.78, 5) is 5.73. The highest BCUT2D eigenvalue weighted by Crippen LogP contribution is 2.50. The number of alkyl halides is 3. The van der Waals surface area contributed by atoms with E-state index in [0.717, 1.165) is 18.4 Å². The van der Waals surface area contributed by atoms with E-state index in [-0.39, 0.29) is 12.1 Å². The van der Waals surface area contributed by atoms with Crippen LogP contribution in [-0.2, 0) is 5.41 Å². The van der Waals surface area contributed by atoms with Gasteiger partial charge in [0, 0.05) is 29.9 Å². The third kappa shape index (κ3) is 3.30. The van der Waals surface area contributed by atoms with Gasteiger partial charge in [-0.3, -0.25) is 15.3 Å². The molecule has 1 N–H and O–H groups in total. The van der Waals surface area contributed by atoms with Crippen molar-refractivity contribution >= 4 is 28.4 Å². The first kappa shape index (κ1) is 18.0. The maximum absolute atomic E-state index is 12.9. The highest BCUT2D eigenvalue weighted by molar-refractivity contribution is 8.13. The highest BCUT2D eigenvalue weighted by Gasteiger charge is 2.53. The Bertz CT molecular complexity index is 623. The maximum atomic E-state index is 12.9. The number of halogens is 4. The molecule has 2 aliphatic heterocycles. The van der Waals surface area contributed by atoms with Gasteiger partial charge >= 0.3 is 6.18 Å². The third-order valence-corrected chi connectivity index (χ3v) is 6.20. The summed E-state index contributed by atoms with van der Waals surface area (Å²) < 4.78 is 38.7. The monoisotopic (exact) mass is 377 g/mol. The summed E-state index contributed by atoms with van der Waals surface area (Å²) in [5, 5.41) is 9.47. The zero-order valence-electron chi connectivity index (χ0n) is 13.2. The molecule has 0 aliphatic carbocycles. The van der Waals surface area contributed by atoms with Crippen molar-refractivity contribution in [2.75, 3.05) is 12.8 Å². The van der Waals surface area contributed by atoms with Crippen LogP contribution in [-0.4, -0.2) is 46.0 Å². The molecule has 0 aromatic carbocycles. The Morgan fingerprint density at radius 1 is 1.38 bits per heavy atom. The van der Waals surface area contributed by atoms with Crippen LogP contribution in [0, 0.1) is 5.41 Å². The van der Waals surface area contributed by atoms with Gasteiger partial charge in [-0.15, -0.1) is 11.8 Å². The molecule has 3 nitrogen and oxygen atoms in total. The van der Waals surface area contributed by atoms with Gasteiger partial charge in [-0.2, -0.15) is 13.2 Å². The number of rotatable bonds is 3. The molecule has 2 saturated heterocycles. The smallest absolute Gasteiger partial charge is 0.297 e. The third-order valence-electron chi connectivity index (χ3n) is 5.20. The predicted octanol–water partition coefficient (Wildman–Crippen LogP) is 4.50. The Labute approximate surface area is 148 Å². The fourth-order valence-corrected chi connectivity index (χ4v) is 5.08. The second-order valence-corrected chi connectivity index (χ2v) is 7.84.